The van der Waals surface area contributed by atoms with Crippen molar-refractivity contribution in [3.05, 3.63) is 76.9 Å². The quantitative estimate of drug-likeness (QED) is 0.439. The van der Waals surface area contributed by atoms with Crippen LogP contribution in [0.4, 0.5) is 5.69 Å². The number of carbonyl (C=O) groups excluding carboxylic acids is 1. The maximum absolute atomic E-state index is 13.7. The molecule has 0 aliphatic carbocycles. The Bertz CT molecular complexity index is 1340. The van der Waals surface area contributed by atoms with Crippen LogP contribution in [0.2, 0.25) is 0 Å². The molecule has 0 aromatic heterocycles. The Morgan fingerprint density at radius 3 is 2.08 bits per heavy atom. The molecule has 0 aliphatic rings. The van der Waals surface area contributed by atoms with Crippen LogP contribution in [-0.4, -0.2) is 42.2 Å². The molecule has 3 aromatic carbocycles. The zero-order chi connectivity index (χ0) is 26.5. The molecule has 0 spiro atoms. The van der Waals surface area contributed by atoms with Gasteiger partial charge in [-0.2, -0.15) is 0 Å². The number of methoxy groups -OCH3 is 3. The maximum Gasteiger partial charge on any atom is 0.264 e. The summed E-state index contributed by atoms with van der Waals surface area (Å²) >= 11 is 0. The van der Waals surface area contributed by atoms with E-state index >= 15 is 0 Å². The van der Waals surface area contributed by atoms with Crippen molar-refractivity contribution in [1.29, 1.82) is 0 Å². The number of hydrogen-bond donors (Lipinski definition) is 1. The highest BCUT2D eigenvalue weighted by Crippen LogP contribution is 2.39. The number of nitrogens with one attached hydrogen (secondary N) is 1. The predicted molar refractivity (Wildman–Crippen MR) is 140 cm³/mol. The number of aryl methyl sites for hydroxylation is 3. The van der Waals surface area contributed by atoms with E-state index in [0.29, 0.717) is 28.5 Å². The standard InChI is InChI=1S/C27H32N2O6S/c1-18-8-12-22(13-9-18)36(31,32)29(23-15-19(2)7-10-20(23)3)17-25(30)28-16-21-11-14-24(33-4)27(35-6)26(21)34-5/h7-15H,16-17H2,1-6H3,(H,28,30). The van der Waals surface area contributed by atoms with E-state index in [-0.39, 0.29) is 11.4 Å². The molecule has 9 heteroatoms. The molecule has 3 aromatic rings. The summed E-state index contributed by atoms with van der Waals surface area (Å²) in [5, 5.41) is 2.81. The molecular formula is C27H32N2O6S. The van der Waals surface area contributed by atoms with E-state index < -0.39 is 22.5 Å². The van der Waals surface area contributed by atoms with Crippen molar-refractivity contribution in [3.8, 4) is 17.2 Å². The van der Waals surface area contributed by atoms with Gasteiger partial charge in [0.15, 0.2) is 11.5 Å². The van der Waals surface area contributed by atoms with Gasteiger partial charge in [-0.1, -0.05) is 29.8 Å². The Balaban J connectivity index is 1.92. The highest BCUT2D eigenvalue weighted by molar-refractivity contribution is 7.92. The number of carbonyl (C=O) groups is 1. The lowest BCUT2D eigenvalue weighted by atomic mass is 10.1. The minimum Gasteiger partial charge on any atom is -0.493 e. The first-order valence-corrected chi connectivity index (χ1v) is 12.8. The van der Waals surface area contributed by atoms with Crippen LogP contribution in [0, 0.1) is 20.8 Å². The fraction of sp³-hybridized carbons (Fsp3) is 0.296. The van der Waals surface area contributed by atoms with Gasteiger partial charge in [0, 0.05) is 12.1 Å². The Kier molecular flexibility index (Phi) is 8.47. The van der Waals surface area contributed by atoms with Gasteiger partial charge in [-0.05, 0) is 62.2 Å². The lowest BCUT2D eigenvalue weighted by Crippen LogP contribution is -2.41. The van der Waals surface area contributed by atoms with E-state index in [1.165, 1.54) is 21.3 Å². The summed E-state index contributed by atoms with van der Waals surface area (Å²) in [6.45, 7) is 5.29. The predicted octanol–water partition coefficient (Wildman–Crippen LogP) is 4.15. The number of benzene rings is 3. The molecule has 0 atom stereocenters. The normalized spacial score (nSPS) is 11.1. The van der Waals surface area contributed by atoms with Gasteiger partial charge in [0.05, 0.1) is 31.9 Å². The number of ether oxygens (including phenoxy) is 3. The SMILES string of the molecule is COc1ccc(CNC(=O)CN(c2cc(C)ccc2C)S(=O)(=O)c2ccc(C)cc2)c(OC)c1OC. The van der Waals surface area contributed by atoms with E-state index in [1.807, 2.05) is 32.9 Å². The fourth-order valence-electron chi connectivity index (χ4n) is 3.81. The lowest BCUT2D eigenvalue weighted by Gasteiger charge is -2.26. The topological polar surface area (TPSA) is 94.2 Å². The number of anilines is 1. The molecule has 0 saturated heterocycles. The summed E-state index contributed by atoms with van der Waals surface area (Å²) in [7, 11) is 0.513. The van der Waals surface area contributed by atoms with Crippen LogP contribution in [0.1, 0.15) is 22.3 Å². The second-order valence-corrected chi connectivity index (χ2v) is 10.2. The number of sulfonamides is 1. The lowest BCUT2D eigenvalue weighted by molar-refractivity contribution is -0.119. The summed E-state index contributed by atoms with van der Waals surface area (Å²) in [5.41, 5.74) is 3.67. The second-order valence-electron chi connectivity index (χ2n) is 8.38. The molecule has 3 rings (SSSR count). The highest BCUT2D eigenvalue weighted by atomic mass is 32.2. The molecule has 0 aliphatic heterocycles. The van der Waals surface area contributed by atoms with Crippen LogP contribution >= 0.6 is 0 Å². The minimum atomic E-state index is -4.01. The summed E-state index contributed by atoms with van der Waals surface area (Å²) in [5.74, 6) is 0.861. The molecule has 192 valence electrons. The molecule has 0 fully saturated rings. The van der Waals surface area contributed by atoms with Gasteiger partial charge in [0.2, 0.25) is 11.7 Å². The highest BCUT2D eigenvalue weighted by Gasteiger charge is 2.28. The maximum atomic E-state index is 13.7. The molecule has 0 radical (unpaired) electrons. The number of rotatable bonds is 10. The van der Waals surface area contributed by atoms with Crippen LogP contribution in [0.3, 0.4) is 0 Å². The Labute approximate surface area is 212 Å². The third kappa shape index (κ3) is 5.73. The van der Waals surface area contributed by atoms with Gasteiger partial charge >= 0.3 is 0 Å². The van der Waals surface area contributed by atoms with E-state index in [0.717, 1.165) is 21.0 Å². The first-order chi connectivity index (χ1) is 17.1. The zero-order valence-electron chi connectivity index (χ0n) is 21.4. The smallest absolute Gasteiger partial charge is 0.264 e. The van der Waals surface area contributed by atoms with Crippen molar-refractivity contribution in [3.63, 3.8) is 0 Å². The Morgan fingerprint density at radius 1 is 0.833 bits per heavy atom. The van der Waals surface area contributed by atoms with Crippen molar-refractivity contribution >= 4 is 21.6 Å². The number of nitrogens with zero attached hydrogens (tertiary/aromatic N) is 1. The van der Waals surface area contributed by atoms with E-state index in [4.69, 9.17) is 14.2 Å². The van der Waals surface area contributed by atoms with Crippen molar-refractivity contribution in [2.24, 2.45) is 0 Å². The number of hydrogen-bond acceptors (Lipinski definition) is 6. The van der Waals surface area contributed by atoms with Gasteiger partial charge in [-0.3, -0.25) is 9.10 Å². The molecule has 1 amide bonds. The average molecular weight is 513 g/mol. The van der Waals surface area contributed by atoms with Crippen molar-refractivity contribution in [2.75, 3.05) is 32.2 Å². The number of amides is 1. The van der Waals surface area contributed by atoms with Crippen molar-refractivity contribution < 1.29 is 27.4 Å². The van der Waals surface area contributed by atoms with Gasteiger partial charge in [-0.15, -0.1) is 0 Å². The second kappa shape index (κ2) is 11.3. The van der Waals surface area contributed by atoms with Gasteiger partial charge < -0.3 is 19.5 Å². The molecular weight excluding hydrogens is 480 g/mol. The molecule has 0 heterocycles. The largest absolute Gasteiger partial charge is 0.493 e. The van der Waals surface area contributed by atoms with Crippen LogP contribution in [0.5, 0.6) is 17.2 Å². The third-order valence-corrected chi connectivity index (χ3v) is 7.57. The molecule has 1 N–H and O–H groups in total. The van der Waals surface area contributed by atoms with Crippen LogP contribution in [0.25, 0.3) is 0 Å². The fourth-order valence-corrected chi connectivity index (χ4v) is 5.29. The molecule has 0 unspecified atom stereocenters. The summed E-state index contributed by atoms with van der Waals surface area (Å²) < 4.78 is 44.7. The third-order valence-electron chi connectivity index (χ3n) is 5.79. The van der Waals surface area contributed by atoms with E-state index in [1.54, 1.807) is 42.5 Å². The van der Waals surface area contributed by atoms with Crippen molar-refractivity contribution in [1.82, 2.24) is 5.32 Å². The first-order valence-electron chi connectivity index (χ1n) is 11.3. The van der Waals surface area contributed by atoms with Gasteiger partial charge in [0.25, 0.3) is 10.0 Å². The monoisotopic (exact) mass is 512 g/mol. The Morgan fingerprint density at radius 2 is 1.47 bits per heavy atom. The summed E-state index contributed by atoms with van der Waals surface area (Å²) in [6, 6.07) is 15.6. The summed E-state index contributed by atoms with van der Waals surface area (Å²) in [4.78, 5) is 13.2. The first kappa shape index (κ1) is 26.9. The average Bonchev–Trinajstić information content (AvgIpc) is 2.86. The zero-order valence-corrected chi connectivity index (χ0v) is 22.2. The minimum absolute atomic E-state index is 0.105. The van der Waals surface area contributed by atoms with Crippen LogP contribution in [-0.2, 0) is 21.4 Å². The summed E-state index contributed by atoms with van der Waals surface area (Å²) in [6.07, 6.45) is 0. The molecule has 0 saturated carbocycles. The van der Waals surface area contributed by atoms with Gasteiger partial charge in [0.1, 0.15) is 6.54 Å². The van der Waals surface area contributed by atoms with E-state index in [2.05, 4.69) is 5.32 Å². The van der Waals surface area contributed by atoms with Gasteiger partial charge in [-0.25, -0.2) is 8.42 Å². The van der Waals surface area contributed by atoms with E-state index in [9.17, 15) is 13.2 Å². The van der Waals surface area contributed by atoms with Crippen LogP contribution in [0.15, 0.2) is 59.5 Å². The molecule has 8 nitrogen and oxygen atoms in total. The molecule has 0 bridgehead atoms. The van der Waals surface area contributed by atoms with Crippen LogP contribution < -0.4 is 23.8 Å². The Hall–Kier alpha value is -3.72. The van der Waals surface area contributed by atoms with Crippen molar-refractivity contribution in [2.45, 2.75) is 32.2 Å². The molecule has 36 heavy (non-hydrogen) atoms.